The van der Waals surface area contributed by atoms with Crippen LogP contribution in [0, 0.1) is 0 Å². The first-order valence-corrected chi connectivity index (χ1v) is 5.61. The zero-order valence-corrected chi connectivity index (χ0v) is 10.8. The molecule has 0 aliphatic carbocycles. The van der Waals surface area contributed by atoms with Gasteiger partial charge in [0.1, 0.15) is 6.61 Å². The molecule has 0 heterocycles. The van der Waals surface area contributed by atoms with Gasteiger partial charge in [-0.15, -0.1) is 0 Å². The average Bonchev–Trinajstić information content (AvgIpc) is 2.26. The molecule has 1 aromatic carbocycles. The van der Waals surface area contributed by atoms with Crippen molar-refractivity contribution >= 4 is 17.5 Å². The number of carbonyl (C=O) groups excluding carboxylic acids is 2. The third-order valence-electron chi connectivity index (χ3n) is 2.09. The van der Waals surface area contributed by atoms with Crippen LogP contribution in [0.2, 0.25) is 0 Å². The summed E-state index contributed by atoms with van der Waals surface area (Å²) in [5, 5.41) is 2.66. The van der Waals surface area contributed by atoms with Gasteiger partial charge in [-0.2, -0.15) is 0 Å². The molecule has 2 amide bonds. The molecule has 0 radical (unpaired) electrons. The number of ether oxygens (including phenoxy) is 1. The van der Waals surface area contributed by atoms with Crippen LogP contribution in [-0.4, -0.2) is 24.0 Å². The van der Waals surface area contributed by atoms with Crippen molar-refractivity contribution < 1.29 is 14.3 Å². The number of rotatable bonds is 4. The number of hydrogen-bond acceptors (Lipinski definition) is 3. The number of anilines is 1. The van der Waals surface area contributed by atoms with Crippen LogP contribution in [0.25, 0.3) is 0 Å². The Labute approximate surface area is 106 Å². The van der Waals surface area contributed by atoms with Gasteiger partial charge in [0, 0.05) is 11.3 Å². The lowest BCUT2D eigenvalue weighted by Gasteiger charge is -2.18. The van der Waals surface area contributed by atoms with Crippen molar-refractivity contribution in [3.63, 3.8) is 0 Å². The number of nitrogens with two attached hydrogens (primary N) is 1. The Morgan fingerprint density at radius 1 is 1.22 bits per heavy atom. The lowest BCUT2D eigenvalue weighted by Crippen LogP contribution is -2.27. The normalized spacial score (nSPS) is 11.1. The van der Waals surface area contributed by atoms with E-state index >= 15 is 0 Å². The van der Waals surface area contributed by atoms with Gasteiger partial charge >= 0.3 is 0 Å². The van der Waals surface area contributed by atoms with Crippen molar-refractivity contribution in [2.45, 2.75) is 26.4 Å². The highest BCUT2D eigenvalue weighted by molar-refractivity contribution is 5.95. The predicted octanol–water partition coefficient (Wildman–Crippen LogP) is 1.54. The van der Waals surface area contributed by atoms with E-state index in [9.17, 15) is 9.59 Å². The maximum absolute atomic E-state index is 11.6. The molecule has 18 heavy (non-hydrogen) atoms. The molecule has 0 saturated carbocycles. The summed E-state index contributed by atoms with van der Waals surface area (Å²) in [7, 11) is 0. The summed E-state index contributed by atoms with van der Waals surface area (Å²) in [6, 6.07) is 6.36. The maximum Gasteiger partial charge on any atom is 0.250 e. The molecule has 98 valence electrons. The second kappa shape index (κ2) is 5.64. The van der Waals surface area contributed by atoms with E-state index < -0.39 is 5.91 Å². The molecule has 1 aromatic rings. The molecular weight excluding hydrogens is 232 g/mol. The first-order valence-electron chi connectivity index (χ1n) is 5.61. The molecule has 0 aromatic heterocycles. The van der Waals surface area contributed by atoms with Gasteiger partial charge < -0.3 is 15.8 Å². The standard InChI is InChI=1S/C13H18N2O3/c1-13(2,3)18-8-11(16)15-10-6-4-9(5-7-10)12(14)17/h4-7H,8H2,1-3H3,(H2,14,17)(H,15,16). The molecule has 1 rings (SSSR count). The highest BCUT2D eigenvalue weighted by Gasteiger charge is 2.12. The van der Waals surface area contributed by atoms with Crippen LogP contribution in [0.5, 0.6) is 0 Å². The molecule has 0 bridgehead atoms. The van der Waals surface area contributed by atoms with Crippen molar-refractivity contribution in [3.8, 4) is 0 Å². The summed E-state index contributed by atoms with van der Waals surface area (Å²) in [6.45, 7) is 5.62. The van der Waals surface area contributed by atoms with Crippen molar-refractivity contribution in [1.29, 1.82) is 0 Å². The summed E-state index contributed by atoms with van der Waals surface area (Å²) in [4.78, 5) is 22.4. The Balaban J connectivity index is 2.52. The van der Waals surface area contributed by atoms with Gasteiger partial charge in [-0.05, 0) is 45.0 Å². The third kappa shape index (κ3) is 4.97. The number of carbonyl (C=O) groups is 2. The topological polar surface area (TPSA) is 81.4 Å². The van der Waals surface area contributed by atoms with Gasteiger partial charge in [0.05, 0.1) is 5.60 Å². The SMILES string of the molecule is CC(C)(C)OCC(=O)Nc1ccc(C(N)=O)cc1. The minimum absolute atomic E-state index is 0.0128. The molecule has 0 aliphatic rings. The third-order valence-corrected chi connectivity index (χ3v) is 2.09. The average molecular weight is 250 g/mol. The first kappa shape index (κ1) is 14.2. The van der Waals surface area contributed by atoms with E-state index in [1.807, 2.05) is 20.8 Å². The Kier molecular flexibility index (Phi) is 4.44. The van der Waals surface area contributed by atoms with E-state index in [0.717, 1.165) is 0 Å². The van der Waals surface area contributed by atoms with Crippen LogP contribution in [0.4, 0.5) is 5.69 Å². The number of hydrogen-bond donors (Lipinski definition) is 2. The number of amides is 2. The molecular formula is C13H18N2O3. The highest BCUT2D eigenvalue weighted by atomic mass is 16.5. The highest BCUT2D eigenvalue weighted by Crippen LogP contribution is 2.10. The minimum Gasteiger partial charge on any atom is -0.366 e. The van der Waals surface area contributed by atoms with E-state index in [4.69, 9.17) is 10.5 Å². The number of benzene rings is 1. The van der Waals surface area contributed by atoms with E-state index in [0.29, 0.717) is 11.3 Å². The van der Waals surface area contributed by atoms with Gasteiger partial charge in [-0.25, -0.2) is 0 Å². The zero-order chi connectivity index (χ0) is 13.8. The Morgan fingerprint density at radius 3 is 2.22 bits per heavy atom. The van der Waals surface area contributed by atoms with Crippen molar-refractivity contribution in [1.82, 2.24) is 0 Å². The monoisotopic (exact) mass is 250 g/mol. The van der Waals surface area contributed by atoms with E-state index in [1.165, 1.54) is 0 Å². The van der Waals surface area contributed by atoms with Gasteiger partial charge in [0.25, 0.3) is 0 Å². The molecule has 0 fully saturated rings. The summed E-state index contributed by atoms with van der Waals surface area (Å²) in [5.74, 6) is -0.735. The fourth-order valence-corrected chi connectivity index (χ4v) is 1.20. The molecule has 0 aliphatic heterocycles. The van der Waals surface area contributed by atoms with Gasteiger partial charge in [-0.1, -0.05) is 0 Å². The van der Waals surface area contributed by atoms with Crippen LogP contribution >= 0.6 is 0 Å². The zero-order valence-electron chi connectivity index (χ0n) is 10.8. The second-order valence-corrected chi connectivity index (χ2v) is 4.89. The van der Waals surface area contributed by atoms with Gasteiger partial charge in [-0.3, -0.25) is 9.59 Å². The lowest BCUT2D eigenvalue weighted by atomic mass is 10.2. The molecule has 0 unspecified atom stereocenters. The van der Waals surface area contributed by atoms with Crippen LogP contribution in [0.1, 0.15) is 31.1 Å². The molecule has 0 atom stereocenters. The minimum atomic E-state index is -0.496. The molecule has 0 spiro atoms. The molecule has 5 heteroatoms. The largest absolute Gasteiger partial charge is 0.366 e. The van der Waals surface area contributed by atoms with Gasteiger partial charge in [0.2, 0.25) is 11.8 Å². The van der Waals surface area contributed by atoms with E-state index in [1.54, 1.807) is 24.3 Å². The molecule has 5 nitrogen and oxygen atoms in total. The summed E-state index contributed by atoms with van der Waals surface area (Å²) < 4.78 is 5.34. The lowest BCUT2D eigenvalue weighted by molar-refractivity contribution is -0.125. The number of nitrogens with one attached hydrogen (secondary N) is 1. The fraction of sp³-hybridized carbons (Fsp3) is 0.385. The van der Waals surface area contributed by atoms with Crippen LogP contribution < -0.4 is 11.1 Å². The quantitative estimate of drug-likeness (QED) is 0.850. The summed E-state index contributed by atoms with van der Waals surface area (Å²) in [5.41, 5.74) is 5.76. The van der Waals surface area contributed by atoms with E-state index in [2.05, 4.69) is 5.32 Å². The molecule has 0 saturated heterocycles. The van der Waals surface area contributed by atoms with Crippen LogP contribution in [0.15, 0.2) is 24.3 Å². The summed E-state index contributed by atoms with van der Waals surface area (Å²) in [6.07, 6.45) is 0. The number of primary amides is 1. The summed E-state index contributed by atoms with van der Waals surface area (Å²) >= 11 is 0. The first-order chi connectivity index (χ1) is 8.28. The fourth-order valence-electron chi connectivity index (χ4n) is 1.20. The Morgan fingerprint density at radius 2 is 1.78 bits per heavy atom. The van der Waals surface area contributed by atoms with Gasteiger partial charge in [0.15, 0.2) is 0 Å². The smallest absolute Gasteiger partial charge is 0.250 e. The second-order valence-electron chi connectivity index (χ2n) is 4.89. The maximum atomic E-state index is 11.6. The van der Waals surface area contributed by atoms with Crippen molar-refractivity contribution in [2.24, 2.45) is 5.73 Å². The molecule has 3 N–H and O–H groups in total. The Hall–Kier alpha value is -1.88. The predicted molar refractivity (Wildman–Crippen MR) is 69.3 cm³/mol. The van der Waals surface area contributed by atoms with Crippen molar-refractivity contribution in [2.75, 3.05) is 11.9 Å². The van der Waals surface area contributed by atoms with Crippen LogP contribution in [-0.2, 0) is 9.53 Å². The van der Waals surface area contributed by atoms with Crippen LogP contribution in [0.3, 0.4) is 0 Å². The Bertz CT molecular complexity index is 433. The van der Waals surface area contributed by atoms with E-state index in [-0.39, 0.29) is 18.1 Å². The van der Waals surface area contributed by atoms with Crippen molar-refractivity contribution in [3.05, 3.63) is 29.8 Å².